The smallest absolute Gasteiger partial charge is 0.224 e. The minimum atomic E-state index is -0.329. The van der Waals surface area contributed by atoms with E-state index in [9.17, 15) is 9.18 Å². The lowest BCUT2D eigenvalue weighted by atomic mass is 10.1. The van der Waals surface area contributed by atoms with Gasteiger partial charge in [0.1, 0.15) is 5.82 Å². The number of carbonyl (C=O) groups is 1. The summed E-state index contributed by atoms with van der Waals surface area (Å²) < 4.78 is 13.0. The van der Waals surface area contributed by atoms with E-state index < -0.39 is 0 Å². The Morgan fingerprint density at radius 1 is 1.32 bits per heavy atom. The van der Waals surface area contributed by atoms with Crippen molar-refractivity contribution in [1.29, 1.82) is 0 Å². The molecule has 0 unspecified atom stereocenters. The van der Waals surface area contributed by atoms with E-state index in [0.29, 0.717) is 24.7 Å². The van der Waals surface area contributed by atoms with Crippen LogP contribution in [0.4, 0.5) is 4.39 Å². The number of carbonyl (C=O) groups excluding carboxylic acids is 1. The molecule has 0 radical (unpaired) electrons. The fourth-order valence-electron chi connectivity index (χ4n) is 1.85. The Bertz CT molecular complexity index is 503. The van der Waals surface area contributed by atoms with E-state index in [1.807, 2.05) is 20.8 Å². The molecule has 122 valence electrons. The summed E-state index contributed by atoms with van der Waals surface area (Å²) in [5.74, 6) is 0.268. The highest BCUT2D eigenvalue weighted by molar-refractivity contribution is 5.80. The maximum Gasteiger partial charge on any atom is 0.224 e. The van der Waals surface area contributed by atoms with Gasteiger partial charge in [-0.25, -0.2) is 4.39 Å². The van der Waals surface area contributed by atoms with Crippen molar-refractivity contribution < 1.29 is 9.18 Å². The van der Waals surface area contributed by atoms with Crippen molar-refractivity contribution in [3.05, 3.63) is 35.6 Å². The summed E-state index contributed by atoms with van der Waals surface area (Å²) in [5.41, 5.74) is 0.663. The Morgan fingerprint density at radius 3 is 2.73 bits per heavy atom. The molecule has 0 aliphatic rings. The monoisotopic (exact) mass is 308 g/mol. The van der Waals surface area contributed by atoms with Crippen LogP contribution in [0.1, 0.15) is 26.3 Å². The highest BCUT2D eigenvalue weighted by Gasteiger charge is 2.04. The summed E-state index contributed by atoms with van der Waals surface area (Å²) in [7, 11) is 0. The number of hydrogen-bond donors (Lipinski definition) is 3. The van der Waals surface area contributed by atoms with Gasteiger partial charge in [0.25, 0.3) is 0 Å². The predicted molar refractivity (Wildman–Crippen MR) is 87.4 cm³/mol. The van der Waals surface area contributed by atoms with Crippen LogP contribution < -0.4 is 16.0 Å². The lowest BCUT2D eigenvalue weighted by molar-refractivity contribution is -0.120. The minimum absolute atomic E-state index is 0.136. The molecule has 0 heterocycles. The summed E-state index contributed by atoms with van der Waals surface area (Å²) in [6.07, 6.45) is 0.172. The van der Waals surface area contributed by atoms with Gasteiger partial charge in [0.05, 0.1) is 13.0 Å². The van der Waals surface area contributed by atoms with Gasteiger partial charge in [-0.05, 0) is 38.5 Å². The van der Waals surface area contributed by atoms with Gasteiger partial charge in [0.15, 0.2) is 5.96 Å². The van der Waals surface area contributed by atoms with Gasteiger partial charge >= 0.3 is 0 Å². The molecular formula is C16H25FN4O. The molecule has 0 aromatic heterocycles. The van der Waals surface area contributed by atoms with E-state index in [1.54, 1.807) is 12.1 Å². The second kappa shape index (κ2) is 9.76. The fourth-order valence-corrected chi connectivity index (χ4v) is 1.85. The van der Waals surface area contributed by atoms with Gasteiger partial charge in [-0.15, -0.1) is 0 Å². The zero-order valence-electron chi connectivity index (χ0n) is 13.4. The molecule has 1 amide bonds. The van der Waals surface area contributed by atoms with Gasteiger partial charge in [-0.3, -0.25) is 9.79 Å². The largest absolute Gasteiger partial charge is 0.357 e. The van der Waals surface area contributed by atoms with Crippen molar-refractivity contribution in [3.63, 3.8) is 0 Å². The van der Waals surface area contributed by atoms with Crippen LogP contribution in [0.25, 0.3) is 0 Å². The van der Waals surface area contributed by atoms with E-state index in [0.717, 1.165) is 12.5 Å². The molecule has 1 aromatic rings. The van der Waals surface area contributed by atoms with Crippen molar-refractivity contribution >= 4 is 11.9 Å². The van der Waals surface area contributed by atoms with Crippen molar-refractivity contribution in [1.82, 2.24) is 16.0 Å². The predicted octanol–water partition coefficient (Wildman–Crippen LogP) is 1.45. The molecule has 0 aliphatic heterocycles. The van der Waals surface area contributed by atoms with E-state index in [1.165, 1.54) is 12.1 Å². The average molecular weight is 308 g/mol. The topological polar surface area (TPSA) is 65.5 Å². The Morgan fingerprint density at radius 2 is 2.09 bits per heavy atom. The van der Waals surface area contributed by atoms with Crippen molar-refractivity contribution in [3.8, 4) is 0 Å². The molecule has 0 fully saturated rings. The summed E-state index contributed by atoms with van der Waals surface area (Å²) in [5, 5.41) is 9.11. The third-order valence-corrected chi connectivity index (χ3v) is 2.73. The van der Waals surface area contributed by atoms with E-state index >= 15 is 0 Å². The average Bonchev–Trinajstić information content (AvgIpc) is 2.43. The lowest BCUT2D eigenvalue weighted by Crippen LogP contribution is -2.41. The summed E-state index contributed by atoms with van der Waals surface area (Å²) in [4.78, 5) is 16.1. The summed E-state index contributed by atoms with van der Waals surface area (Å²) >= 11 is 0. The second-order valence-corrected chi connectivity index (χ2v) is 5.22. The molecule has 1 aromatic carbocycles. The maximum atomic E-state index is 13.0. The highest BCUT2D eigenvalue weighted by atomic mass is 19.1. The first-order valence-corrected chi connectivity index (χ1v) is 7.57. The Labute approximate surface area is 131 Å². The van der Waals surface area contributed by atoms with E-state index in [-0.39, 0.29) is 18.1 Å². The second-order valence-electron chi connectivity index (χ2n) is 5.22. The van der Waals surface area contributed by atoms with Crippen molar-refractivity contribution in [2.75, 3.05) is 19.6 Å². The minimum Gasteiger partial charge on any atom is -0.357 e. The zero-order valence-corrected chi connectivity index (χ0v) is 13.4. The molecule has 5 nitrogen and oxygen atoms in total. The molecule has 0 saturated heterocycles. The third kappa shape index (κ3) is 7.61. The van der Waals surface area contributed by atoms with Crippen LogP contribution in [0.3, 0.4) is 0 Å². The van der Waals surface area contributed by atoms with Crippen LogP contribution in [0.2, 0.25) is 0 Å². The van der Waals surface area contributed by atoms with Crippen molar-refractivity contribution in [2.45, 2.75) is 33.2 Å². The quantitative estimate of drug-likeness (QED) is 0.406. The molecule has 3 N–H and O–H groups in total. The first-order valence-electron chi connectivity index (χ1n) is 7.57. The van der Waals surface area contributed by atoms with Gasteiger partial charge in [-0.2, -0.15) is 0 Å². The third-order valence-electron chi connectivity index (χ3n) is 2.73. The molecule has 0 atom stereocenters. The Balaban J connectivity index is 2.34. The lowest BCUT2D eigenvalue weighted by Gasteiger charge is -2.14. The number of halogens is 1. The van der Waals surface area contributed by atoms with Gasteiger partial charge < -0.3 is 16.0 Å². The molecule has 1 rings (SSSR count). The Hall–Kier alpha value is -2.11. The molecule has 22 heavy (non-hydrogen) atoms. The Kier molecular flexibility index (Phi) is 7.96. The zero-order chi connectivity index (χ0) is 16.4. The molecule has 0 bridgehead atoms. The number of amides is 1. The van der Waals surface area contributed by atoms with Crippen LogP contribution in [0, 0.1) is 5.82 Å². The number of aliphatic imine (C=N–C) groups is 1. The molecule has 0 aliphatic carbocycles. The summed E-state index contributed by atoms with van der Waals surface area (Å²) in [6.45, 7) is 7.78. The molecular weight excluding hydrogens is 283 g/mol. The molecule has 6 heteroatoms. The maximum absolute atomic E-state index is 13.0. The number of benzene rings is 1. The number of nitrogens with zero attached hydrogens (tertiary/aromatic N) is 1. The van der Waals surface area contributed by atoms with Gasteiger partial charge in [0.2, 0.25) is 5.91 Å². The van der Waals surface area contributed by atoms with Gasteiger partial charge in [-0.1, -0.05) is 12.1 Å². The van der Waals surface area contributed by atoms with Crippen molar-refractivity contribution in [2.24, 2.45) is 4.99 Å². The van der Waals surface area contributed by atoms with Crippen LogP contribution >= 0.6 is 0 Å². The van der Waals surface area contributed by atoms with Crippen LogP contribution in [-0.4, -0.2) is 37.5 Å². The first-order chi connectivity index (χ1) is 10.5. The number of rotatable bonds is 7. The number of guanidine groups is 1. The molecule has 0 spiro atoms. The normalized spacial score (nSPS) is 11.4. The molecule has 0 saturated carbocycles. The van der Waals surface area contributed by atoms with Crippen LogP contribution in [0.5, 0.6) is 0 Å². The number of nitrogens with one attached hydrogen (secondary N) is 3. The fraction of sp³-hybridized carbons (Fsp3) is 0.500. The number of hydrogen-bond acceptors (Lipinski definition) is 2. The van der Waals surface area contributed by atoms with Gasteiger partial charge in [0, 0.05) is 19.1 Å². The first kappa shape index (κ1) is 17.9. The SMILES string of the molecule is CCNC(=NCCNC(=O)Cc1cccc(F)c1)NC(C)C. The summed E-state index contributed by atoms with van der Waals surface area (Å²) in [6, 6.07) is 6.35. The van der Waals surface area contributed by atoms with Crippen LogP contribution in [0.15, 0.2) is 29.3 Å². The highest BCUT2D eigenvalue weighted by Crippen LogP contribution is 2.03. The van der Waals surface area contributed by atoms with Crippen LogP contribution in [-0.2, 0) is 11.2 Å². The standard InChI is InChI=1S/C16H25FN4O/c1-4-18-16(21-12(2)3)20-9-8-19-15(22)11-13-6-5-7-14(17)10-13/h5-7,10,12H,4,8-9,11H2,1-3H3,(H,19,22)(H2,18,20,21). The van der Waals surface area contributed by atoms with E-state index in [4.69, 9.17) is 0 Å². The van der Waals surface area contributed by atoms with E-state index in [2.05, 4.69) is 20.9 Å².